The van der Waals surface area contributed by atoms with Crippen LogP contribution in [0, 0.1) is 0 Å². The first-order chi connectivity index (χ1) is 14.7. The number of carbonyl (C=O) groups excluding carboxylic acids is 3. The van der Waals surface area contributed by atoms with Crippen molar-refractivity contribution in [3.63, 3.8) is 0 Å². The largest absolute Gasteiger partial charge is 0.343 e. The molecule has 1 fully saturated rings. The smallest absolute Gasteiger partial charge is 0.253 e. The third-order valence-corrected chi connectivity index (χ3v) is 5.40. The number of anilines is 1. The molecule has 1 heterocycles. The molecule has 31 heavy (non-hydrogen) atoms. The van der Waals surface area contributed by atoms with Crippen LogP contribution in [0.15, 0.2) is 54.6 Å². The zero-order valence-electron chi connectivity index (χ0n) is 17.1. The van der Waals surface area contributed by atoms with E-state index in [0.717, 1.165) is 6.26 Å². The van der Waals surface area contributed by atoms with Gasteiger partial charge in [0.2, 0.25) is 15.9 Å². The molecule has 1 aliphatic heterocycles. The first kappa shape index (κ1) is 22.3. The van der Waals surface area contributed by atoms with Crippen LogP contribution >= 0.6 is 0 Å². The van der Waals surface area contributed by atoms with Crippen LogP contribution < -0.4 is 10.0 Å². The number of rotatable bonds is 6. The number of carbonyl (C=O) groups is 3. The second-order valence-electron chi connectivity index (χ2n) is 7.17. The lowest BCUT2D eigenvalue weighted by atomic mass is 10.1. The number of hydrogen-bond donors (Lipinski definition) is 2. The summed E-state index contributed by atoms with van der Waals surface area (Å²) >= 11 is 0. The normalized spacial score (nSPS) is 14.1. The Bertz CT molecular complexity index is 1050. The van der Waals surface area contributed by atoms with Gasteiger partial charge in [-0.2, -0.15) is 0 Å². The molecule has 0 spiro atoms. The predicted molar refractivity (Wildman–Crippen MR) is 116 cm³/mol. The quantitative estimate of drug-likeness (QED) is 0.683. The van der Waals surface area contributed by atoms with E-state index < -0.39 is 10.0 Å². The topological polar surface area (TPSA) is 116 Å². The fourth-order valence-electron chi connectivity index (χ4n) is 3.20. The van der Waals surface area contributed by atoms with Crippen molar-refractivity contribution >= 4 is 33.4 Å². The van der Waals surface area contributed by atoms with Crippen LogP contribution in [0.5, 0.6) is 0 Å². The van der Waals surface area contributed by atoms with Gasteiger partial charge in [0.15, 0.2) is 0 Å². The molecule has 3 amide bonds. The highest BCUT2D eigenvalue weighted by Crippen LogP contribution is 2.14. The van der Waals surface area contributed by atoms with E-state index in [4.69, 9.17) is 0 Å². The number of nitrogens with one attached hydrogen (secondary N) is 2. The summed E-state index contributed by atoms with van der Waals surface area (Å²) in [5, 5.41) is 2.62. The lowest BCUT2D eigenvalue weighted by Gasteiger charge is -2.35. The number of sulfonamides is 1. The molecule has 9 nitrogen and oxygen atoms in total. The molecular weight excluding hydrogens is 420 g/mol. The molecular formula is C21H24N4O5S. The molecule has 0 atom stereocenters. The van der Waals surface area contributed by atoms with Crippen molar-refractivity contribution in [3.05, 3.63) is 65.7 Å². The second kappa shape index (κ2) is 9.61. The number of hydrogen-bond acceptors (Lipinski definition) is 5. The number of amides is 3. The standard InChI is InChI=1S/C21H24N4O5S/c1-31(29,30)23-18-9-7-17(8-10-18)21(28)25-13-11-24(12-14-25)19(26)15-22-20(27)16-5-3-2-4-6-16/h2-10,23H,11-15H2,1H3,(H,22,27). The van der Waals surface area contributed by atoms with E-state index in [1.54, 1.807) is 46.2 Å². The Morgan fingerprint density at radius 2 is 1.42 bits per heavy atom. The molecule has 1 saturated heterocycles. The van der Waals surface area contributed by atoms with Crippen LogP contribution in [0.3, 0.4) is 0 Å². The summed E-state index contributed by atoms with van der Waals surface area (Å²) in [7, 11) is -3.38. The van der Waals surface area contributed by atoms with Crippen molar-refractivity contribution in [2.45, 2.75) is 0 Å². The van der Waals surface area contributed by atoms with Gasteiger partial charge in [-0.15, -0.1) is 0 Å². The van der Waals surface area contributed by atoms with Gasteiger partial charge >= 0.3 is 0 Å². The van der Waals surface area contributed by atoms with Gasteiger partial charge in [0, 0.05) is 43.0 Å². The second-order valence-corrected chi connectivity index (χ2v) is 8.92. The summed E-state index contributed by atoms with van der Waals surface area (Å²) in [4.78, 5) is 40.4. The average molecular weight is 445 g/mol. The highest BCUT2D eigenvalue weighted by molar-refractivity contribution is 7.92. The molecule has 2 aromatic carbocycles. The van der Waals surface area contributed by atoms with Crippen LogP contribution in [0.25, 0.3) is 0 Å². The Morgan fingerprint density at radius 1 is 0.839 bits per heavy atom. The Morgan fingerprint density at radius 3 is 2.00 bits per heavy atom. The monoisotopic (exact) mass is 444 g/mol. The molecule has 0 radical (unpaired) electrons. The van der Waals surface area contributed by atoms with Crippen molar-refractivity contribution in [2.24, 2.45) is 0 Å². The summed E-state index contributed by atoms with van der Waals surface area (Å²) in [6.07, 6.45) is 1.06. The molecule has 3 rings (SSSR count). The summed E-state index contributed by atoms with van der Waals surface area (Å²) in [6, 6.07) is 14.9. The third kappa shape index (κ3) is 6.29. The first-order valence-electron chi connectivity index (χ1n) is 9.71. The number of piperazine rings is 1. The van der Waals surface area contributed by atoms with Gasteiger partial charge in [0.05, 0.1) is 12.8 Å². The maximum Gasteiger partial charge on any atom is 0.253 e. The Hall–Kier alpha value is -3.40. The molecule has 10 heteroatoms. The van der Waals surface area contributed by atoms with Crippen molar-refractivity contribution < 1.29 is 22.8 Å². The third-order valence-electron chi connectivity index (χ3n) is 4.79. The van der Waals surface area contributed by atoms with Gasteiger partial charge in [0.1, 0.15) is 0 Å². The molecule has 1 aliphatic rings. The maximum absolute atomic E-state index is 12.7. The van der Waals surface area contributed by atoms with Crippen molar-refractivity contribution in [2.75, 3.05) is 43.7 Å². The van der Waals surface area contributed by atoms with Gasteiger partial charge in [0.25, 0.3) is 11.8 Å². The van der Waals surface area contributed by atoms with Crippen LogP contribution in [0.4, 0.5) is 5.69 Å². The fourth-order valence-corrected chi connectivity index (χ4v) is 3.76. The summed E-state index contributed by atoms with van der Waals surface area (Å²) < 4.78 is 24.9. The summed E-state index contributed by atoms with van der Waals surface area (Å²) in [5.41, 5.74) is 1.31. The Labute approximate surface area is 181 Å². The van der Waals surface area contributed by atoms with Gasteiger partial charge in [-0.25, -0.2) is 8.42 Å². The molecule has 0 unspecified atom stereocenters. The lowest BCUT2D eigenvalue weighted by molar-refractivity contribution is -0.131. The molecule has 0 aromatic heterocycles. The van der Waals surface area contributed by atoms with Crippen LogP contribution in [-0.2, 0) is 14.8 Å². The number of nitrogens with zero attached hydrogens (tertiary/aromatic N) is 2. The average Bonchev–Trinajstić information content (AvgIpc) is 2.77. The SMILES string of the molecule is CS(=O)(=O)Nc1ccc(C(=O)N2CCN(C(=O)CNC(=O)c3ccccc3)CC2)cc1. The van der Waals surface area contributed by atoms with Crippen LogP contribution in [-0.4, -0.2) is 74.9 Å². The summed E-state index contributed by atoms with van der Waals surface area (Å²) in [6.45, 7) is 1.40. The molecule has 0 aliphatic carbocycles. The minimum atomic E-state index is -3.38. The van der Waals surface area contributed by atoms with Gasteiger partial charge < -0.3 is 15.1 Å². The molecule has 0 saturated carbocycles. The zero-order chi connectivity index (χ0) is 22.4. The molecule has 2 N–H and O–H groups in total. The van der Waals surface area contributed by atoms with Crippen molar-refractivity contribution in [3.8, 4) is 0 Å². The van der Waals surface area contributed by atoms with E-state index in [9.17, 15) is 22.8 Å². The molecule has 2 aromatic rings. The Balaban J connectivity index is 1.48. The van der Waals surface area contributed by atoms with Gasteiger partial charge in [-0.1, -0.05) is 18.2 Å². The zero-order valence-corrected chi connectivity index (χ0v) is 17.9. The number of benzene rings is 2. The van der Waals surface area contributed by atoms with E-state index in [1.165, 1.54) is 12.1 Å². The Kier molecular flexibility index (Phi) is 6.91. The van der Waals surface area contributed by atoms with E-state index in [0.29, 0.717) is 43.0 Å². The molecule has 0 bridgehead atoms. The molecule has 164 valence electrons. The highest BCUT2D eigenvalue weighted by atomic mass is 32.2. The van der Waals surface area contributed by atoms with E-state index in [2.05, 4.69) is 10.0 Å². The van der Waals surface area contributed by atoms with Gasteiger partial charge in [-0.05, 0) is 36.4 Å². The maximum atomic E-state index is 12.7. The first-order valence-corrected chi connectivity index (χ1v) is 11.6. The van der Waals surface area contributed by atoms with E-state index in [1.807, 2.05) is 6.07 Å². The fraction of sp³-hybridized carbons (Fsp3) is 0.286. The van der Waals surface area contributed by atoms with Crippen LogP contribution in [0.2, 0.25) is 0 Å². The lowest BCUT2D eigenvalue weighted by Crippen LogP contribution is -2.52. The van der Waals surface area contributed by atoms with Gasteiger partial charge in [-0.3, -0.25) is 19.1 Å². The minimum absolute atomic E-state index is 0.101. The van der Waals surface area contributed by atoms with Crippen LogP contribution in [0.1, 0.15) is 20.7 Å². The van der Waals surface area contributed by atoms with E-state index >= 15 is 0 Å². The summed E-state index contributed by atoms with van der Waals surface area (Å²) in [5.74, 6) is -0.695. The highest BCUT2D eigenvalue weighted by Gasteiger charge is 2.25. The van der Waals surface area contributed by atoms with E-state index in [-0.39, 0.29) is 24.3 Å². The van der Waals surface area contributed by atoms with Crippen molar-refractivity contribution in [1.29, 1.82) is 0 Å². The minimum Gasteiger partial charge on any atom is -0.343 e. The predicted octanol–water partition coefficient (Wildman–Crippen LogP) is 0.773. The van der Waals surface area contributed by atoms with Crippen molar-refractivity contribution in [1.82, 2.24) is 15.1 Å².